The Balaban J connectivity index is 1.76. The van der Waals surface area contributed by atoms with E-state index < -0.39 is 0 Å². The maximum atomic E-state index is 12.3. The smallest absolute Gasteiger partial charge is 0.236 e. The van der Waals surface area contributed by atoms with Crippen LogP contribution in [0, 0.1) is 5.92 Å². The third kappa shape index (κ3) is 5.86. The van der Waals surface area contributed by atoms with Crippen molar-refractivity contribution in [2.45, 2.75) is 12.8 Å². The lowest BCUT2D eigenvalue weighted by Gasteiger charge is -2.32. The van der Waals surface area contributed by atoms with Gasteiger partial charge in [0.15, 0.2) is 0 Å². The third-order valence-electron chi connectivity index (χ3n) is 4.36. The fourth-order valence-electron chi connectivity index (χ4n) is 2.87. The summed E-state index contributed by atoms with van der Waals surface area (Å²) in [5.74, 6) is -0.192. The van der Waals surface area contributed by atoms with Gasteiger partial charge in [0, 0.05) is 31.7 Å². The second-order valence-electron chi connectivity index (χ2n) is 6.36. The average molecular weight is 346 g/mol. The minimum atomic E-state index is -0.119. The Morgan fingerprint density at radius 1 is 1.12 bits per heavy atom. The van der Waals surface area contributed by atoms with Crippen LogP contribution in [0.2, 0.25) is 0 Å². The number of rotatable bonds is 6. The van der Waals surface area contributed by atoms with Crippen molar-refractivity contribution in [3.8, 4) is 0 Å². The Hall–Kier alpha value is -2.41. The van der Waals surface area contributed by atoms with Crippen LogP contribution in [0.4, 0.5) is 5.69 Å². The number of likely N-dealkylation sites (N-methyl/N-ethyl adjacent to an activating group) is 2. The molecule has 1 aliphatic rings. The molecular formula is C18H26N4O3. The molecular weight excluding hydrogens is 320 g/mol. The summed E-state index contributed by atoms with van der Waals surface area (Å²) >= 11 is 0. The van der Waals surface area contributed by atoms with Gasteiger partial charge in [0.1, 0.15) is 0 Å². The number of anilines is 1. The van der Waals surface area contributed by atoms with Crippen molar-refractivity contribution < 1.29 is 14.4 Å². The number of nitrogens with zero attached hydrogens (tertiary/aromatic N) is 2. The summed E-state index contributed by atoms with van der Waals surface area (Å²) in [7, 11) is 3.32. The highest BCUT2D eigenvalue weighted by Crippen LogP contribution is 2.19. The number of carbonyl (C=O) groups is 3. The fraction of sp³-hybridized carbons (Fsp3) is 0.500. The Morgan fingerprint density at radius 2 is 1.76 bits per heavy atom. The van der Waals surface area contributed by atoms with Gasteiger partial charge in [-0.15, -0.1) is 0 Å². The van der Waals surface area contributed by atoms with Crippen molar-refractivity contribution in [1.29, 1.82) is 0 Å². The maximum Gasteiger partial charge on any atom is 0.236 e. The monoisotopic (exact) mass is 346 g/mol. The fourth-order valence-corrected chi connectivity index (χ4v) is 2.87. The Kier molecular flexibility index (Phi) is 6.94. The van der Waals surface area contributed by atoms with Crippen molar-refractivity contribution in [3.05, 3.63) is 30.3 Å². The van der Waals surface area contributed by atoms with Gasteiger partial charge in [0.05, 0.1) is 13.1 Å². The van der Waals surface area contributed by atoms with Crippen LogP contribution in [0.3, 0.4) is 0 Å². The predicted molar refractivity (Wildman–Crippen MR) is 95.9 cm³/mol. The molecule has 2 rings (SSSR count). The van der Waals surface area contributed by atoms with Crippen LogP contribution in [0.5, 0.6) is 0 Å². The largest absolute Gasteiger partial charge is 0.358 e. The SMILES string of the molecule is CNC(=O)CN(C)CC(=O)N1CCC(C(=O)Nc2ccccc2)CC1. The van der Waals surface area contributed by atoms with E-state index in [-0.39, 0.29) is 36.7 Å². The predicted octanol–water partition coefficient (Wildman–Crippen LogP) is 0.542. The molecule has 0 atom stereocenters. The lowest BCUT2D eigenvalue weighted by atomic mass is 9.95. The van der Waals surface area contributed by atoms with Gasteiger partial charge < -0.3 is 15.5 Å². The molecule has 136 valence electrons. The molecule has 7 nitrogen and oxygen atoms in total. The van der Waals surface area contributed by atoms with E-state index in [2.05, 4.69) is 10.6 Å². The van der Waals surface area contributed by atoms with Crippen LogP contribution in [0.1, 0.15) is 12.8 Å². The Morgan fingerprint density at radius 3 is 2.36 bits per heavy atom. The van der Waals surface area contributed by atoms with Crippen molar-refractivity contribution in [1.82, 2.24) is 15.1 Å². The molecule has 0 spiro atoms. The minimum Gasteiger partial charge on any atom is -0.358 e. The molecule has 25 heavy (non-hydrogen) atoms. The van der Waals surface area contributed by atoms with Gasteiger partial charge in [-0.2, -0.15) is 0 Å². The number of likely N-dealkylation sites (tertiary alicyclic amines) is 1. The van der Waals surface area contributed by atoms with Gasteiger partial charge >= 0.3 is 0 Å². The van der Waals surface area contributed by atoms with Crippen LogP contribution >= 0.6 is 0 Å². The highest BCUT2D eigenvalue weighted by atomic mass is 16.2. The second kappa shape index (κ2) is 9.17. The molecule has 1 fully saturated rings. The molecule has 0 aliphatic carbocycles. The van der Waals surface area contributed by atoms with E-state index in [1.807, 2.05) is 30.3 Å². The summed E-state index contributed by atoms with van der Waals surface area (Å²) in [5.41, 5.74) is 0.793. The minimum absolute atomic E-state index is 0.00618. The first kappa shape index (κ1) is 18.9. The molecule has 7 heteroatoms. The van der Waals surface area contributed by atoms with Crippen molar-refractivity contribution >= 4 is 23.4 Å². The van der Waals surface area contributed by atoms with Gasteiger partial charge in [-0.25, -0.2) is 0 Å². The quantitative estimate of drug-likeness (QED) is 0.788. The normalized spacial score (nSPS) is 15.1. The number of amides is 3. The summed E-state index contributed by atoms with van der Waals surface area (Å²) in [6.45, 7) is 1.53. The summed E-state index contributed by atoms with van der Waals surface area (Å²) in [5, 5.41) is 5.46. The molecule has 1 saturated heterocycles. The molecule has 2 N–H and O–H groups in total. The molecule has 0 bridgehead atoms. The number of benzene rings is 1. The van der Waals surface area contributed by atoms with Crippen molar-refractivity contribution in [2.75, 3.05) is 45.6 Å². The summed E-state index contributed by atoms with van der Waals surface area (Å²) in [6.07, 6.45) is 1.31. The van der Waals surface area contributed by atoms with Crippen molar-refractivity contribution in [3.63, 3.8) is 0 Å². The highest BCUT2D eigenvalue weighted by Gasteiger charge is 2.27. The molecule has 1 aromatic carbocycles. The first-order valence-electron chi connectivity index (χ1n) is 8.52. The van der Waals surface area contributed by atoms with Gasteiger partial charge in [0.2, 0.25) is 17.7 Å². The number of hydrogen-bond acceptors (Lipinski definition) is 4. The standard InChI is InChI=1S/C18H26N4O3/c1-19-16(23)12-21(2)13-17(24)22-10-8-14(9-11-22)18(25)20-15-6-4-3-5-7-15/h3-7,14H,8-13H2,1-2H3,(H,19,23)(H,20,25). The molecule has 0 radical (unpaired) electrons. The first-order chi connectivity index (χ1) is 12.0. The van der Waals surface area contributed by atoms with E-state index in [9.17, 15) is 14.4 Å². The number of para-hydroxylation sites is 1. The van der Waals surface area contributed by atoms with E-state index in [0.29, 0.717) is 25.9 Å². The van der Waals surface area contributed by atoms with E-state index in [4.69, 9.17) is 0 Å². The average Bonchev–Trinajstić information content (AvgIpc) is 2.62. The summed E-state index contributed by atoms with van der Waals surface area (Å²) < 4.78 is 0. The Bertz CT molecular complexity index is 598. The van der Waals surface area contributed by atoms with Crippen LogP contribution in [0.25, 0.3) is 0 Å². The molecule has 0 aromatic heterocycles. The Labute approximate surface area is 148 Å². The third-order valence-corrected chi connectivity index (χ3v) is 4.36. The van der Waals surface area contributed by atoms with Gasteiger partial charge in [-0.05, 0) is 32.0 Å². The molecule has 3 amide bonds. The molecule has 1 heterocycles. The highest BCUT2D eigenvalue weighted by molar-refractivity contribution is 5.92. The van der Waals surface area contributed by atoms with Crippen LogP contribution in [-0.4, -0.2) is 67.8 Å². The van der Waals surface area contributed by atoms with E-state index in [1.165, 1.54) is 0 Å². The maximum absolute atomic E-state index is 12.3. The number of nitrogens with one attached hydrogen (secondary N) is 2. The van der Waals surface area contributed by atoms with Crippen LogP contribution in [0.15, 0.2) is 30.3 Å². The second-order valence-corrected chi connectivity index (χ2v) is 6.36. The van der Waals surface area contributed by atoms with Crippen LogP contribution < -0.4 is 10.6 Å². The topological polar surface area (TPSA) is 81.8 Å². The zero-order valence-electron chi connectivity index (χ0n) is 14.8. The number of hydrogen-bond donors (Lipinski definition) is 2. The number of piperidine rings is 1. The lowest BCUT2D eigenvalue weighted by molar-refractivity contribution is -0.135. The van der Waals surface area contributed by atoms with Gasteiger partial charge in [-0.3, -0.25) is 19.3 Å². The number of carbonyl (C=O) groups excluding carboxylic acids is 3. The molecule has 0 saturated carbocycles. The van der Waals surface area contributed by atoms with Gasteiger partial charge in [0.25, 0.3) is 0 Å². The molecule has 1 aromatic rings. The van der Waals surface area contributed by atoms with Crippen LogP contribution in [-0.2, 0) is 14.4 Å². The lowest BCUT2D eigenvalue weighted by Crippen LogP contribution is -2.46. The summed E-state index contributed by atoms with van der Waals surface area (Å²) in [6, 6.07) is 9.39. The van der Waals surface area contributed by atoms with E-state index in [1.54, 1.807) is 23.9 Å². The van der Waals surface area contributed by atoms with E-state index >= 15 is 0 Å². The first-order valence-corrected chi connectivity index (χ1v) is 8.52. The zero-order valence-corrected chi connectivity index (χ0v) is 14.8. The molecule has 1 aliphatic heterocycles. The zero-order chi connectivity index (χ0) is 18.2. The van der Waals surface area contributed by atoms with Crippen molar-refractivity contribution in [2.24, 2.45) is 5.92 Å². The van der Waals surface area contributed by atoms with Gasteiger partial charge in [-0.1, -0.05) is 18.2 Å². The van der Waals surface area contributed by atoms with E-state index in [0.717, 1.165) is 5.69 Å². The summed E-state index contributed by atoms with van der Waals surface area (Å²) in [4.78, 5) is 39.4. The molecule has 0 unspecified atom stereocenters.